The zero-order valence-corrected chi connectivity index (χ0v) is 13.8. The van der Waals surface area contributed by atoms with Crippen LogP contribution in [0.3, 0.4) is 0 Å². The van der Waals surface area contributed by atoms with E-state index in [0.29, 0.717) is 22.2 Å². The van der Waals surface area contributed by atoms with Crippen molar-refractivity contribution in [3.05, 3.63) is 33.1 Å². The molecule has 0 aliphatic carbocycles. The maximum atomic E-state index is 13.0. The molecule has 2 atom stereocenters. The van der Waals surface area contributed by atoms with Crippen LogP contribution < -0.4 is 5.32 Å². The van der Waals surface area contributed by atoms with Crippen molar-refractivity contribution in [1.82, 2.24) is 10.2 Å². The molecule has 2 unspecified atom stereocenters. The Kier molecular flexibility index (Phi) is 6.01. The Balaban J connectivity index is 0.00000180. The number of piperazine rings is 1. The van der Waals surface area contributed by atoms with E-state index in [1.807, 2.05) is 27.5 Å². The fourth-order valence-corrected chi connectivity index (χ4v) is 3.03. The monoisotopic (exact) mass is 398 g/mol. The van der Waals surface area contributed by atoms with Gasteiger partial charge in [0.05, 0.1) is 5.56 Å². The van der Waals surface area contributed by atoms with Crippen molar-refractivity contribution in [3.63, 3.8) is 0 Å². The summed E-state index contributed by atoms with van der Waals surface area (Å²) in [7, 11) is 0. The van der Waals surface area contributed by atoms with Gasteiger partial charge in [-0.05, 0) is 54.6 Å². The number of nitrogens with one attached hydrogen (secondary N) is 1. The van der Waals surface area contributed by atoms with Gasteiger partial charge in [-0.25, -0.2) is 4.39 Å². The molecular formula is C13H17ClFIN2O. The standard InChI is InChI=1S/C13H16FIN2O.ClH/c1-8-6-17(7-9(2)16-8)13(18)11-4-3-10(14)5-12(11)15;/h3-5,8-9,16H,6-7H2,1-2H3;1H. The van der Waals surface area contributed by atoms with Gasteiger partial charge in [0.25, 0.3) is 5.91 Å². The highest BCUT2D eigenvalue weighted by molar-refractivity contribution is 14.1. The van der Waals surface area contributed by atoms with Crippen molar-refractivity contribution < 1.29 is 9.18 Å². The second-order valence-electron chi connectivity index (χ2n) is 4.80. The highest BCUT2D eigenvalue weighted by atomic mass is 127. The molecule has 0 radical (unpaired) electrons. The van der Waals surface area contributed by atoms with E-state index < -0.39 is 0 Å². The van der Waals surface area contributed by atoms with Crippen molar-refractivity contribution in [2.45, 2.75) is 25.9 Å². The SMILES string of the molecule is CC1CN(C(=O)c2ccc(F)cc2I)CC(C)N1.Cl. The van der Waals surface area contributed by atoms with E-state index in [9.17, 15) is 9.18 Å². The molecule has 0 saturated carbocycles. The van der Waals surface area contributed by atoms with Gasteiger partial charge in [0.2, 0.25) is 0 Å². The number of carbonyl (C=O) groups is 1. The van der Waals surface area contributed by atoms with Crippen LogP contribution in [0.1, 0.15) is 24.2 Å². The Labute approximate surface area is 132 Å². The van der Waals surface area contributed by atoms with E-state index >= 15 is 0 Å². The van der Waals surface area contributed by atoms with E-state index in [1.54, 1.807) is 6.07 Å². The van der Waals surface area contributed by atoms with Gasteiger partial charge < -0.3 is 10.2 Å². The maximum Gasteiger partial charge on any atom is 0.255 e. The van der Waals surface area contributed by atoms with Crippen LogP contribution >= 0.6 is 35.0 Å². The summed E-state index contributed by atoms with van der Waals surface area (Å²) in [5.41, 5.74) is 0.582. The number of benzene rings is 1. The molecule has 1 heterocycles. The van der Waals surface area contributed by atoms with Crippen LogP contribution in [0.4, 0.5) is 4.39 Å². The van der Waals surface area contributed by atoms with Crippen LogP contribution in [0, 0.1) is 9.39 Å². The van der Waals surface area contributed by atoms with Gasteiger partial charge in [-0.2, -0.15) is 0 Å². The van der Waals surface area contributed by atoms with E-state index in [0.717, 1.165) is 0 Å². The summed E-state index contributed by atoms with van der Waals surface area (Å²) in [5.74, 6) is -0.322. The number of hydrogen-bond donors (Lipinski definition) is 1. The third-order valence-electron chi connectivity index (χ3n) is 3.01. The third-order valence-corrected chi connectivity index (χ3v) is 3.90. The number of nitrogens with zero attached hydrogens (tertiary/aromatic N) is 1. The zero-order valence-electron chi connectivity index (χ0n) is 10.8. The minimum Gasteiger partial charge on any atom is -0.336 e. The lowest BCUT2D eigenvalue weighted by molar-refractivity contribution is 0.0672. The molecule has 0 aromatic heterocycles. The fourth-order valence-electron chi connectivity index (χ4n) is 2.33. The molecule has 1 fully saturated rings. The predicted octanol–water partition coefficient (Wildman–Crippen LogP) is 2.67. The average molecular weight is 399 g/mol. The van der Waals surface area contributed by atoms with Crippen molar-refractivity contribution in [3.8, 4) is 0 Å². The fraction of sp³-hybridized carbons (Fsp3) is 0.462. The highest BCUT2D eigenvalue weighted by Gasteiger charge is 2.26. The molecule has 6 heteroatoms. The second-order valence-corrected chi connectivity index (χ2v) is 5.97. The zero-order chi connectivity index (χ0) is 13.3. The Morgan fingerprint density at radius 1 is 1.37 bits per heavy atom. The van der Waals surface area contributed by atoms with Gasteiger partial charge in [-0.15, -0.1) is 12.4 Å². The molecule has 1 N–H and O–H groups in total. The molecule has 0 spiro atoms. The first-order chi connectivity index (χ1) is 8.47. The molecule has 1 aromatic rings. The van der Waals surface area contributed by atoms with E-state index in [1.165, 1.54) is 12.1 Å². The normalized spacial score (nSPS) is 22.8. The van der Waals surface area contributed by atoms with Crippen molar-refractivity contribution in [2.75, 3.05) is 13.1 Å². The van der Waals surface area contributed by atoms with Crippen molar-refractivity contribution in [1.29, 1.82) is 0 Å². The van der Waals surface area contributed by atoms with Crippen LogP contribution in [0.2, 0.25) is 0 Å². The summed E-state index contributed by atoms with van der Waals surface area (Å²) in [6, 6.07) is 4.87. The first-order valence-electron chi connectivity index (χ1n) is 5.97. The molecule has 1 amide bonds. The van der Waals surface area contributed by atoms with Gasteiger partial charge in [0, 0.05) is 28.7 Å². The van der Waals surface area contributed by atoms with E-state index in [2.05, 4.69) is 19.2 Å². The van der Waals surface area contributed by atoms with Crippen LogP contribution in [-0.4, -0.2) is 36.0 Å². The average Bonchev–Trinajstić information content (AvgIpc) is 2.26. The number of amides is 1. The third kappa shape index (κ3) is 4.03. The summed E-state index contributed by atoms with van der Waals surface area (Å²) in [6.45, 7) is 5.50. The predicted molar refractivity (Wildman–Crippen MR) is 84.3 cm³/mol. The Hall–Kier alpha value is -0.400. The lowest BCUT2D eigenvalue weighted by Crippen LogP contribution is -2.55. The quantitative estimate of drug-likeness (QED) is 0.738. The minimum absolute atomic E-state index is 0. The first kappa shape index (κ1) is 16.7. The van der Waals surface area contributed by atoms with Crippen LogP contribution in [-0.2, 0) is 0 Å². The molecule has 3 nitrogen and oxygen atoms in total. The lowest BCUT2D eigenvalue weighted by Gasteiger charge is -2.36. The molecule has 1 aliphatic heterocycles. The summed E-state index contributed by atoms with van der Waals surface area (Å²) < 4.78 is 13.7. The highest BCUT2D eigenvalue weighted by Crippen LogP contribution is 2.17. The van der Waals surface area contributed by atoms with Crippen molar-refractivity contribution in [2.24, 2.45) is 0 Å². The van der Waals surface area contributed by atoms with E-state index in [4.69, 9.17) is 0 Å². The van der Waals surface area contributed by atoms with E-state index in [-0.39, 0.29) is 36.2 Å². The van der Waals surface area contributed by atoms with Gasteiger partial charge in [-0.3, -0.25) is 4.79 Å². The summed E-state index contributed by atoms with van der Waals surface area (Å²) in [6.07, 6.45) is 0. The molecule has 1 aliphatic rings. The molecule has 106 valence electrons. The lowest BCUT2D eigenvalue weighted by atomic mass is 10.1. The largest absolute Gasteiger partial charge is 0.336 e. The Bertz CT molecular complexity index is 462. The molecule has 19 heavy (non-hydrogen) atoms. The van der Waals surface area contributed by atoms with Gasteiger partial charge in [0.1, 0.15) is 5.82 Å². The molecule has 0 bridgehead atoms. The summed E-state index contributed by atoms with van der Waals surface area (Å²) in [5, 5.41) is 3.38. The maximum absolute atomic E-state index is 13.0. The van der Waals surface area contributed by atoms with Crippen LogP contribution in [0.25, 0.3) is 0 Å². The smallest absolute Gasteiger partial charge is 0.255 e. The van der Waals surface area contributed by atoms with Gasteiger partial charge >= 0.3 is 0 Å². The summed E-state index contributed by atoms with van der Waals surface area (Å²) in [4.78, 5) is 14.2. The number of rotatable bonds is 1. The van der Waals surface area contributed by atoms with Crippen molar-refractivity contribution >= 4 is 40.9 Å². The Morgan fingerprint density at radius 3 is 2.47 bits per heavy atom. The number of halogens is 3. The molecule has 2 rings (SSSR count). The van der Waals surface area contributed by atoms with Gasteiger partial charge in [-0.1, -0.05) is 0 Å². The van der Waals surface area contributed by atoms with Gasteiger partial charge in [0.15, 0.2) is 0 Å². The van der Waals surface area contributed by atoms with Crippen LogP contribution in [0.5, 0.6) is 0 Å². The summed E-state index contributed by atoms with van der Waals surface area (Å²) >= 11 is 2.00. The second kappa shape index (κ2) is 6.85. The Morgan fingerprint density at radius 2 is 1.95 bits per heavy atom. The first-order valence-corrected chi connectivity index (χ1v) is 7.05. The minimum atomic E-state index is -0.307. The topological polar surface area (TPSA) is 32.3 Å². The van der Waals surface area contributed by atoms with Crippen LogP contribution in [0.15, 0.2) is 18.2 Å². The number of carbonyl (C=O) groups excluding carboxylic acids is 1. The molecule has 1 saturated heterocycles. The molecular weight excluding hydrogens is 382 g/mol. The molecule has 1 aromatic carbocycles. The number of hydrogen-bond acceptors (Lipinski definition) is 2.